The molecular weight excluding hydrogens is 477 g/mol. The number of hydrogen-bond donors (Lipinski definition) is 2. The molecule has 0 spiro atoms. The van der Waals surface area contributed by atoms with Crippen molar-refractivity contribution >= 4 is 34.1 Å². The van der Waals surface area contributed by atoms with E-state index in [0.29, 0.717) is 39.1 Å². The average molecular weight is 503 g/mol. The molecule has 0 saturated heterocycles. The standard InChI is InChI=1S/C23H25F3N8O2/c1-11-29-18-15(34(11)10-16(24)25)5-12(8-27-18)14-9-28-19-17(14)20(36-4)32-22(31-19)30-13-6-23(26,7-13)21(35)33(2)3/h5,8-9,13,16H,6-7,10H2,1-4H3,(H2,28,30,31,32)/t13-,23+. The number of alkyl halides is 3. The molecule has 1 amide bonds. The van der Waals surface area contributed by atoms with Gasteiger partial charge in [-0.05, 0) is 13.0 Å². The van der Waals surface area contributed by atoms with Crippen LogP contribution in [0.3, 0.4) is 0 Å². The number of halogens is 3. The molecule has 1 aliphatic carbocycles. The second-order valence-corrected chi connectivity index (χ2v) is 9.12. The first-order chi connectivity index (χ1) is 17.1. The number of fused-ring (bicyclic) bond motifs is 2. The van der Waals surface area contributed by atoms with Gasteiger partial charge in [-0.15, -0.1) is 0 Å². The Morgan fingerprint density at radius 3 is 2.75 bits per heavy atom. The van der Waals surface area contributed by atoms with Gasteiger partial charge in [0.25, 0.3) is 12.3 Å². The van der Waals surface area contributed by atoms with Gasteiger partial charge >= 0.3 is 0 Å². The van der Waals surface area contributed by atoms with Crippen molar-refractivity contribution in [3.8, 4) is 17.0 Å². The highest BCUT2D eigenvalue weighted by Crippen LogP contribution is 2.40. The Labute approximate surface area is 203 Å². The summed E-state index contributed by atoms with van der Waals surface area (Å²) in [6, 6.07) is 1.44. The second-order valence-electron chi connectivity index (χ2n) is 9.12. The molecule has 0 atom stereocenters. The Morgan fingerprint density at radius 2 is 2.08 bits per heavy atom. The summed E-state index contributed by atoms with van der Waals surface area (Å²) in [7, 11) is 4.52. The van der Waals surface area contributed by atoms with Gasteiger partial charge in [0.1, 0.15) is 11.5 Å². The Balaban J connectivity index is 1.46. The zero-order valence-electron chi connectivity index (χ0n) is 20.1. The summed E-state index contributed by atoms with van der Waals surface area (Å²) in [6.07, 6.45) is 0.812. The summed E-state index contributed by atoms with van der Waals surface area (Å²) in [5, 5.41) is 3.65. The lowest BCUT2D eigenvalue weighted by Gasteiger charge is -2.41. The van der Waals surface area contributed by atoms with Gasteiger partial charge < -0.3 is 24.5 Å². The molecule has 5 rings (SSSR count). The first-order valence-electron chi connectivity index (χ1n) is 11.3. The van der Waals surface area contributed by atoms with Gasteiger partial charge in [-0.2, -0.15) is 9.97 Å². The zero-order valence-corrected chi connectivity index (χ0v) is 20.1. The van der Waals surface area contributed by atoms with E-state index in [-0.39, 0.29) is 30.7 Å². The van der Waals surface area contributed by atoms with Crippen molar-refractivity contribution in [2.24, 2.45) is 0 Å². The van der Waals surface area contributed by atoms with Gasteiger partial charge in [0.15, 0.2) is 11.3 Å². The number of anilines is 1. The second kappa shape index (κ2) is 8.64. The number of methoxy groups -OCH3 is 1. The average Bonchev–Trinajstić information content (AvgIpc) is 3.37. The Bertz CT molecular complexity index is 1460. The molecule has 190 valence electrons. The van der Waals surface area contributed by atoms with Crippen molar-refractivity contribution < 1.29 is 22.7 Å². The van der Waals surface area contributed by atoms with Crippen molar-refractivity contribution in [1.29, 1.82) is 0 Å². The highest BCUT2D eigenvalue weighted by molar-refractivity contribution is 5.98. The SMILES string of the molecule is COc1nc(N[C@H]2C[C@](F)(C(=O)N(C)C)C2)nc2[nH]cc(-c3cnc4nc(C)n(CC(F)F)c4c3)c12. The molecule has 0 aliphatic heterocycles. The van der Waals surface area contributed by atoms with Crippen LogP contribution < -0.4 is 10.1 Å². The van der Waals surface area contributed by atoms with E-state index in [1.54, 1.807) is 25.4 Å². The summed E-state index contributed by atoms with van der Waals surface area (Å²) in [5.74, 6) is 0.396. The van der Waals surface area contributed by atoms with Crippen LogP contribution in [-0.2, 0) is 11.3 Å². The lowest BCUT2D eigenvalue weighted by atomic mass is 9.76. The van der Waals surface area contributed by atoms with E-state index in [4.69, 9.17) is 4.74 Å². The number of rotatable bonds is 7. The molecule has 13 heteroatoms. The van der Waals surface area contributed by atoms with E-state index in [1.165, 1.54) is 30.7 Å². The van der Waals surface area contributed by atoms with Crippen LogP contribution in [0.15, 0.2) is 18.5 Å². The fraction of sp³-hybridized carbons (Fsp3) is 0.435. The molecular formula is C23H25F3N8O2. The largest absolute Gasteiger partial charge is 0.480 e. The number of carbonyl (C=O) groups is 1. The number of nitrogens with zero attached hydrogens (tertiary/aromatic N) is 6. The fourth-order valence-corrected chi connectivity index (χ4v) is 4.66. The van der Waals surface area contributed by atoms with E-state index in [1.807, 2.05) is 0 Å². The number of carbonyl (C=O) groups excluding carboxylic acids is 1. The van der Waals surface area contributed by atoms with Crippen LogP contribution in [0.5, 0.6) is 5.88 Å². The molecule has 0 aromatic carbocycles. The van der Waals surface area contributed by atoms with Gasteiger partial charge in [0.05, 0.1) is 24.6 Å². The molecule has 1 fully saturated rings. The maximum Gasteiger partial charge on any atom is 0.259 e. The number of aromatic amines is 1. The van der Waals surface area contributed by atoms with Crippen molar-refractivity contribution in [3.05, 3.63) is 24.3 Å². The summed E-state index contributed by atoms with van der Waals surface area (Å²) >= 11 is 0. The summed E-state index contributed by atoms with van der Waals surface area (Å²) in [6.45, 7) is 1.18. The number of hydrogen-bond acceptors (Lipinski definition) is 7. The van der Waals surface area contributed by atoms with E-state index < -0.39 is 24.5 Å². The number of aromatic nitrogens is 6. The van der Waals surface area contributed by atoms with Gasteiger partial charge in [0, 0.05) is 56.5 Å². The molecule has 4 aromatic heterocycles. The predicted octanol–water partition coefficient (Wildman–Crippen LogP) is 3.32. The summed E-state index contributed by atoms with van der Waals surface area (Å²) in [5.41, 5.74) is 0.763. The third-order valence-corrected chi connectivity index (χ3v) is 6.38. The van der Waals surface area contributed by atoms with E-state index >= 15 is 0 Å². The fourth-order valence-electron chi connectivity index (χ4n) is 4.66. The zero-order chi connectivity index (χ0) is 25.8. The number of H-pyrrole nitrogens is 1. The van der Waals surface area contributed by atoms with Crippen molar-refractivity contribution in [1.82, 2.24) is 34.4 Å². The number of nitrogens with one attached hydrogen (secondary N) is 2. The van der Waals surface area contributed by atoms with Gasteiger partial charge in [0.2, 0.25) is 11.8 Å². The number of pyridine rings is 1. The number of amides is 1. The minimum Gasteiger partial charge on any atom is -0.480 e. The van der Waals surface area contributed by atoms with Gasteiger partial charge in [-0.1, -0.05) is 0 Å². The number of imidazole rings is 1. The normalized spacial score (nSPS) is 19.6. The molecule has 36 heavy (non-hydrogen) atoms. The van der Waals surface area contributed by atoms with Crippen LogP contribution >= 0.6 is 0 Å². The Morgan fingerprint density at radius 1 is 1.33 bits per heavy atom. The molecule has 1 aliphatic rings. The molecule has 1 saturated carbocycles. The van der Waals surface area contributed by atoms with Crippen LogP contribution in [-0.4, -0.2) is 79.6 Å². The number of aryl methyl sites for hydroxylation is 1. The lowest BCUT2D eigenvalue weighted by Crippen LogP contribution is -2.56. The monoisotopic (exact) mass is 502 g/mol. The summed E-state index contributed by atoms with van der Waals surface area (Å²) in [4.78, 5) is 33.9. The molecule has 0 unspecified atom stereocenters. The maximum atomic E-state index is 14.7. The maximum absolute atomic E-state index is 14.7. The van der Waals surface area contributed by atoms with Crippen LogP contribution in [0.1, 0.15) is 18.7 Å². The first kappa shape index (κ1) is 23.8. The molecule has 0 bridgehead atoms. The van der Waals surface area contributed by atoms with Crippen LogP contribution in [0.25, 0.3) is 33.3 Å². The Kier molecular flexibility index (Phi) is 5.72. The first-order valence-corrected chi connectivity index (χ1v) is 11.3. The highest BCUT2D eigenvalue weighted by Gasteiger charge is 2.52. The van der Waals surface area contributed by atoms with Crippen LogP contribution in [0.2, 0.25) is 0 Å². The van der Waals surface area contributed by atoms with E-state index in [2.05, 4.69) is 30.2 Å². The third-order valence-electron chi connectivity index (χ3n) is 6.38. The molecule has 2 N–H and O–H groups in total. The van der Waals surface area contributed by atoms with Crippen LogP contribution in [0.4, 0.5) is 19.1 Å². The van der Waals surface area contributed by atoms with Crippen LogP contribution in [0, 0.1) is 6.92 Å². The summed E-state index contributed by atoms with van der Waals surface area (Å²) < 4.78 is 47.9. The topological polar surface area (TPSA) is 114 Å². The minimum absolute atomic E-state index is 0.0150. The van der Waals surface area contributed by atoms with Crippen molar-refractivity contribution in [2.75, 3.05) is 26.5 Å². The highest BCUT2D eigenvalue weighted by atomic mass is 19.3. The lowest BCUT2D eigenvalue weighted by molar-refractivity contribution is -0.147. The van der Waals surface area contributed by atoms with Gasteiger partial charge in [-0.3, -0.25) is 4.79 Å². The third kappa shape index (κ3) is 3.97. The molecule has 4 aromatic rings. The van der Waals surface area contributed by atoms with Gasteiger partial charge in [-0.25, -0.2) is 23.1 Å². The molecule has 0 radical (unpaired) electrons. The smallest absolute Gasteiger partial charge is 0.259 e. The van der Waals surface area contributed by atoms with Crippen molar-refractivity contribution in [2.45, 2.75) is 44.4 Å². The molecule has 4 heterocycles. The van der Waals surface area contributed by atoms with Crippen molar-refractivity contribution in [3.63, 3.8) is 0 Å². The molecule has 10 nitrogen and oxygen atoms in total. The van der Waals surface area contributed by atoms with E-state index in [0.717, 1.165) is 0 Å². The quantitative estimate of drug-likeness (QED) is 0.399. The Hall–Kier alpha value is -3.90. The predicted molar refractivity (Wildman–Crippen MR) is 127 cm³/mol. The number of ether oxygens (including phenoxy) is 1. The van der Waals surface area contributed by atoms with E-state index in [9.17, 15) is 18.0 Å². The minimum atomic E-state index is -2.53.